The van der Waals surface area contributed by atoms with Gasteiger partial charge in [-0.05, 0) is 92.2 Å². The number of carbonyl (C=O) groups is 1. The van der Waals surface area contributed by atoms with Gasteiger partial charge in [-0.15, -0.1) is 11.3 Å². The summed E-state index contributed by atoms with van der Waals surface area (Å²) in [6.07, 6.45) is -2.27. The SMILES string of the molecule is COc1ccc(CCN(Cc2sccc2C)C(=O)CN(CCN2CCCC2)S(=O)(=O)c2cccc(C(F)(F)F)c2)cc1OC. The number of hydrogen-bond donors (Lipinski definition) is 0. The maximum absolute atomic E-state index is 13.9. The van der Waals surface area contributed by atoms with Gasteiger partial charge < -0.3 is 19.3 Å². The molecule has 0 bridgehead atoms. The van der Waals surface area contributed by atoms with Crippen LogP contribution in [-0.2, 0) is 34.0 Å². The molecule has 0 atom stereocenters. The van der Waals surface area contributed by atoms with Crippen LogP contribution in [0.25, 0.3) is 0 Å². The molecule has 0 spiro atoms. The molecule has 13 heteroatoms. The normalized spacial score (nSPS) is 14.2. The second-order valence-corrected chi connectivity index (χ2v) is 13.6. The van der Waals surface area contributed by atoms with Crippen molar-refractivity contribution >= 4 is 27.3 Å². The molecule has 240 valence electrons. The zero-order valence-electron chi connectivity index (χ0n) is 25.1. The minimum Gasteiger partial charge on any atom is -0.493 e. The largest absolute Gasteiger partial charge is 0.493 e. The lowest BCUT2D eigenvalue weighted by molar-refractivity contribution is -0.137. The van der Waals surface area contributed by atoms with Gasteiger partial charge in [-0.2, -0.15) is 17.5 Å². The number of hydrogen-bond acceptors (Lipinski definition) is 7. The molecule has 1 saturated heterocycles. The van der Waals surface area contributed by atoms with Gasteiger partial charge in [0.05, 0.1) is 37.8 Å². The highest BCUT2D eigenvalue weighted by Crippen LogP contribution is 2.32. The van der Waals surface area contributed by atoms with Crippen LogP contribution in [0.5, 0.6) is 11.5 Å². The molecule has 0 radical (unpaired) electrons. The van der Waals surface area contributed by atoms with Crippen molar-refractivity contribution in [1.82, 2.24) is 14.1 Å². The highest BCUT2D eigenvalue weighted by Gasteiger charge is 2.34. The first kappa shape index (κ1) is 33.8. The molecule has 1 aromatic heterocycles. The van der Waals surface area contributed by atoms with Crippen LogP contribution in [0.15, 0.2) is 58.8 Å². The Kier molecular flexibility index (Phi) is 11.3. The van der Waals surface area contributed by atoms with Gasteiger partial charge in [0.1, 0.15) is 0 Å². The monoisotopic (exact) mass is 653 g/mol. The van der Waals surface area contributed by atoms with Crippen LogP contribution in [-0.4, -0.2) is 81.9 Å². The highest BCUT2D eigenvalue weighted by molar-refractivity contribution is 7.89. The van der Waals surface area contributed by atoms with Gasteiger partial charge in [0.2, 0.25) is 15.9 Å². The Bertz CT molecular complexity index is 1520. The van der Waals surface area contributed by atoms with Gasteiger partial charge in [0.15, 0.2) is 11.5 Å². The van der Waals surface area contributed by atoms with Crippen LogP contribution in [0.1, 0.15) is 34.4 Å². The quantitative estimate of drug-likeness (QED) is 0.230. The summed E-state index contributed by atoms with van der Waals surface area (Å²) in [5.74, 6) is 0.694. The number of amides is 1. The lowest BCUT2D eigenvalue weighted by Crippen LogP contribution is -2.45. The van der Waals surface area contributed by atoms with Gasteiger partial charge in [-0.1, -0.05) is 12.1 Å². The summed E-state index contributed by atoms with van der Waals surface area (Å²) in [4.78, 5) is 18.1. The molecule has 1 aliphatic heterocycles. The number of likely N-dealkylation sites (tertiary alicyclic amines) is 1. The van der Waals surface area contributed by atoms with Gasteiger partial charge >= 0.3 is 6.18 Å². The van der Waals surface area contributed by atoms with Crippen LogP contribution in [0.4, 0.5) is 13.2 Å². The minimum atomic E-state index is -4.71. The second-order valence-electron chi connectivity index (χ2n) is 10.7. The number of alkyl halides is 3. The number of rotatable bonds is 14. The smallest absolute Gasteiger partial charge is 0.416 e. The van der Waals surface area contributed by atoms with Crippen LogP contribution in [0.3, 0.4) is 0 Å². The van der Waals surface area contributed by atoms with E-state index in [9.17, 15) is 26.4 Å². The van der Waals surface area contributed by atoms with Crippen molar-refractivity contribution in [2.24, 2.45) is 0 Å². The van der Waals surface area contributed by atoms with E-state index in [4.69, 9.17) is 9.47 Å². The van der Waals surface area contributed by atoms with E-state index >= 15 is 0 Å². The molecule has 1 aliphatic rings. The first-order valence-electron chi connectivity index (χ1n) is 14.3. The standard InChI is InChI=1S/C31H38F3N3O5S2/c1-23-12-18-43-29(23)21-36(15-11-24-9-10-27(41-2)28(19-24)42-3)30(38)22-37(17-16-35-13-4-5-14-35)44(39,40)26-8-6-7-25(20-26)31(32,33)34/h6-10,12,18-20H,4-5,11,13-17,21-22H2,1-3H3. The number of sulfonamides is 1. The second kappa shape index (κ2) is 14.8. The predicted molar refractivity (Wildman–Crippen MR) is 164 cm³/mol. The fraction of sp³-hybridized carbons (Fsp3) is 0.452. The summed E-state index contributed by atoms with van der Waals surface area (Å²) in [7, 11) is -1.34. The van der Waals surface area contributed by atoms with E-state index in [1.54, 1.807) is 25.2 Å². The molecular formula is C31H38F3N3O5S2. The van der Waals surface area contributed by atoms with Crippen molar-refractivity contribution < 1.29 is 35.9 Å². The fourth-order valence-corrected chi connectivity index (χ4v) is 7.46. The summed E-state index contributed by atoms with van der Waals surface area (Å²) in [5.41, 5.74) is 0.848. The Morgan fingerprint density at radius 3 is 2.36 bits per heavy atom. The van der Waals surface area contributed by atoms with Crippen LogP contribution in [0.2, 0.25) is 0 Å². The zero-order chi connectivity index (χ0) is 31.9. The van der Waals surface area contributed by atoms with E-state index in [0.29, 0.717) is 30.5 Å². The number of carbonyl (C=O) groups excluding carboxylic acids is 1. The van der Waals surface area contributed by atoms with E-state index in [0.717, 1.165) is 64.4 Å². The van der Waals surface area contributed by atoms with Gasteiger partial charge in [0.25, 0.3) is 0 Å². The van der Waals surface area contributed by atoms with Crippen molar-refractivity contribution in [2.75, 3.05) is 53.5 Å². The first-order chi connectivity index (χ1) is 20.9. The Morgan fingerprint density at radius 1 is 1.00 bits per heavy atom. The number of nitrogens with zero attached hydrogens (tertiary/aromatic N) is 3. The molecule has 8 nitrogen and oxygen atoms in total. The van der Waals surface area contributed by atoms with Crippen molar-refractivity contribution in [2.45, 2.75) is 43.8 Å². The summed E-state index contributed by atoms with van der Waals surface area (Å²) in [6.45, 7) is 3.98. The van der Waals surface area contributed by atoms with Crippen molar-refractivity contribution in [1.29, 1.82) is 0 Å². The molecule has 1 amide bonds. The van der Waals surface area contributed by atoms with Gasteiger partial charge in [-0.25, -0.2) is 8.42 Å². The molecule has 2 aromatic carbocycles. The molecule has 3 aromatic rings. The van der Waals surface area contributed by atoms with E-state index in [1.165, 1.54) is 11.3 Å². The molecule has 0 aliphatic carbocycles. The third-order valence-electron chi connectivity index (χ3n) is 7.75. The number of thiophene rings is 1. The highest BCUT2D eigenvalue weighted by atomic mass is 32.2. The molecule has 1 fully saturated rings. The van der Waals surface area contributed by atoms with Crippen LogP contribution >= 0.6 is 11.3 Å². The lowest BCUT2D eigenvalue weighted by atomic mass is 10.1. The summed E-state index contributed by atoms with van der Waals surface area (Å²) >= 11 is 1.50. The maximum atomic E-state index is 13.9. The Morgan fingerprint density at radius 2 is 1.73 bits per heavy atom. The Balaban J connectivity index is 1.60. The molecule has 44 heavy (non-hydrogen) atoms. The molecule has 2 heterocycles. The molecule has 0 unspecified atom stereocenters. The van der Waals surface area contributed by atoms with Crippen LogP contribution < -0.4 is 9.47 Å². The topological polar surface area (TPSA) is 79.4 Å². The zero-order valence-corrected chi connectivity index (χ0v) is 26.7. The lowest BCUT2D eigenvalue weighted by Gasteiger charge is -2.29. The average Bonchev–Trinajstić information content (AvgIpc) is 3.68. The van der Waals surface area contributed by atoms with Crippen molar-refractivity contribution in [3.05, 3.63) is 75.5 Å². The van der Waals surface area contributed by atoms with E-state index in [-0.39, 0.29) is 19.6 Å². The van der Waals surface area contributed by atoms with E-state index < -0.39 is 39.1 Å². The first-order valence-corrected chi connectivity index (χ1v) is 16.7. The molecular weight excluding hydrogens is 615 g/mol. The third-order valence-corrected chi connectivity index (χ3v) is 10.6. The number of benzene rings is 2. The number of halogens is 3. The van der Waals surface area contributed by atoms with Gasteiger partial charge in [-0.3, -0.25) is 4.79 Å². The van der Waals surface area contributed by atoms with Gasteiger partial charge in [0, 0.05) is 24.5 Å². The minimum absolute atomic E-state index is 0.0220. The Labute approximate surface area is 261 Å². The number of methoxy groups -OCH3 is 2. The average molecular weight is 654 g/mol. The third kappa shape index (κ3) is 8.52. The van der Waals surface area contributed by atoms with E-state index in [2.05, 4.69) is 4.90 Å². The molecule has 0 saturated carbocycles. The summed E-state index contributed by atoms with van der Waals surface area (Å²) in [5, 5.41) is 1.93. The van der Waals surface area contributed by atoms with Crippen LogP contribution in [0, 0.1) is 6.92 Å². The summed E-state index contributed by atoms with van der Waals surface area (Å²) in [6, 6.07) is 11.1. The summed E-state index contributed by atoms with van der Waals surface area (Å²) < 4.78 is 79.7. The van der Waals surface area contributed by atoms with E-state index in [1.807, 2.05) is 30.5 Å². The Hall–Kier alpha value is -3.13. The maximum Gasteiger partial charge on any atom is 0.416 e. The number of aryl methyl sites for hydroxylation is 1. The molecule has 4 rings (SSSR count). The van der Waals surface area contributed by atoms with Crippen molar-refractivity contribution in [3.63, 3.8) is 0 Å². The number of ether oxygens (including phenoxy) is 2. The fourth-order valence-electron chi connectivity index (χ4n) is 5.11. The molecule has 0 N–H and O–H groups in total. The van der Waals surface area contributed by atoms with Crippen molar-refractivity contribution in [3.8, 4) is 11.5 Å². The predicted octanol–water partition coefficient (Wildman–Crippen LogP) is 5.45.